The molecule has 1 aliphatic rings. The second-order valence-electron chi connectivity index (χ2n) is 5.68. The Bertz CT molecular complexity index is 656. The van der Waals surface area contributed by atoms with Crippen LogP contribution in [0.1, 0.15) is 24.3 Å². The Morgan fingerprint density at radius 3 is 2.50 bits per heavy atom. The summed E-state index contributed by atoms with van der Waals surface area (Å²) in [5.41, 5.74) is 4.70. The van der Waals surface area contributed by atoms with Gasteiger partial charge in [-0.25, -0.2) is 20.2 Å². The molecule has 7 nitrogen and oxygen atoms in total. The van der Waals surface area contributed by atoms with Gasteiger partial charge in [-0.15, -0.1) is 0 Å². The summed E-state index contributed by atoms with van der Waals surface area (Å²) in [6, 6.07) is 9.35. The van der Waals surface area contributed by atoms with Crippen molar-refractivity contribution in [1.29, 1.82) is 0 Å². The summed E-state index contributed by atoms with van der Waals surface area (Å²) in [5, 5.41) is 4.26. The largest absolute Gasteiger partial charge is 0.381 e. The first-order valence-corrected chi connectivity index (χ1v) is 7.98. The second-order valence-corrected chi connectivity index (χ2v) is 5.68. The third-order valence-corrected chi connectivity index (χ3v) is 3.98. The van der Waals surface area contributed by atoms with Crippen molar-refractivity contribution >= 4 is 17.7 Å². The number of carbonyl (C=O) groups is 1. The number of anilines is 2. The van der Waals surface area contributed by atoms with Crippen LogP contribution in [0.25, 0.3) is 0 Å². The maximum Gasteiger partial charge on any atom is 0.338 e. The van der Waals surface area contributed by atoms with Crippen LogP contribution in [0.5, 0.6) is 0 Å². The molecule has 7 heteroatoms. The van der Waals surface area contributed by atoms with E-state index in [0.717, 1.165) is 31.7 Å². The Labute approximate surface area is 141 Å². The van der Waals surface area contributed by atoms with E-state index in [-0.39, 0.29) is 6.03 Å². The number of hydrogen-bond acceptors (Lipinski definition) is 5. The molecule has 2 amide bonds. The Morgan fingerprint density at radius 1 is 1.17 bits per heavy atom. The molecule has 1 aromatic carbocycles. The molecule has 0 bridgehead atoms. The highest BCUT2D eigenvalue weighted by molar-refractivity contribution is 5.90. The number of nitrogens with one attached hydrogen (secondary N) is 2. The number of aromatic nitrogens is 2. The first-order valence-electron chi connectivity index (χ1n) is 7.98. The van der Waals surface area contributed by atoms with Crippen molar-refractivity contribution in [2.24, 2.45) is 0 Å². The fourth-order valence-electron chi connectivity index (χ4n) is 2.70. The fourth-order valence-corrected chi connectivity index (χ4v) is 2.70. The molecule has 1 fully saturated rings. The van der Waals surface area contributed by atoms with Crippen LogP contribution < -0.4 is 15.8 Å². The zero-order valence-electron chi connectivity index (χ0n) is 13.6. The number of nitrogens with zero attached hydrogens (tertiary/aromatic N) is 3. The topological polar surface area (TPSA) is 79.4 Å². The van der Waals surface area contributed by atoms with Crippen LogP contribution in [0.3, 0.4) is 0 Å². The number of hydrogen-bond donors (Lipinski definition) is 2. The van der Waals surface area contributed by atoms with E-state index in [1.807, 2.05) is 12.1 Å². The van der Waals surface area contributed by atoms with E-state index in [1.165, 1.54) is 10.6 Å². The molecule has 0 radical (unpaired) electrons. The van der Waals surface area contributed by atoms with E-state index in [4.69, 9.17) is 4.74 Å². The summed E-state index contributed by atoms with van der Waals surface area (Å²) in [7, 11) is 1.68. The Hall–Kier alpha value is -2.67. The Morgan fingerprint density at radius 2 is 1.83 bits per heavy atom. The minimum atomic E-state index is -0.344. The summed E-state index contributed by atoms with van der Waals surface area (Å²) >= 11 is 0. The first-order chi connectivity index (χ1) is 11.7. The van der Waals surface area contributed by atoms with Crippen molar-refractivity contribution in [2.75, 3.05) is 30.6 Å². The van der Waals surface area contributed by atoms with Gasteiger partial charge in [0.2, 0.25) is 5.95 Å². The van der Waals surface area contributed by atoms with Crippen molar-refractivity contribution in [2.45, 2.75) is 18.8 Å². The van der Waals surface area contributed by atoms with Crippen LogP contribution in [0, 0.1) is 0 Å². The third kappa shape index (κ3) is 4.20. The van der Waals surface area contributed by atoms with Gasteiger partial charge >= 0.3 is 6.03 Å². The summed E-state index contributed by atoms with van der Waals surface area (Å²) < 4.78 is 5.39. The van der Waals surface area contributed by atoms with Gasteiger partial charge in [-0.1, -0.05) is 12.1 Å². The van der Waals surface area contributed by atoms with E-state index >= 15 is 0 Å². The highest BCUT2D eigenvalue weighted by atomic mass is 16.5. The molecule has 0 unspecified atom stereocenters. The van der Waals surface area contributed by atoms with Gasteiger partial charge in [0, 0.05) is 38.3 Å². The highest BCUT2D eigenvalue weighted by Crippen LogP contribution is 2.27. The van der Waals surface area contributed by atoms with Crippen LogP contribution in [-0.4, -0.2) is 36.3 Å². The molecule has 0 spiro atoms. The van der Waals surface area contributed by atoms with Gasteiger partial charge in [0.05, 0.1) is 0 Å². The molecular formula is C17H21N5O2. The maximum atomic E-state index is 12.0. The van der Waals surface area contributed by atoms with E-state index in [1.54, 1.807) is 25.5 Å². The van der Waals surface area contributed by atoms with Crippen molar-refractivity contribution in [1.82, 2.24) is 15.4 Å². The SMILES string of the molecule is CN(NC(=O)Nc1ccc(C2CCOCC2)cc1)c1ncccn1. The predicted octanol–water partition coefficient (Wildman–Crippen LogP) is 2.54. The molecule has 2 heterocycles. The van der Waals surface area contributed by atoms with Gasteiger partial charge in [0.15, 0.2) is 0 Å². The molecule has 126 valence electrons. The van der Waals surface area contributed by atoms with Crippen LogP contribution >= 0.6 is 0 Å². The zero-order valence-corrected chi connectivity index (χ0v) is 13.6. The third-order valence-electron chi connectivity index (χ3n) is 3.98. The van der Waals surface area contributed by atoms with E-state index in [9.17, 15) is 4.79 Å². The van der Waals surface area contributed by atoms with Gasteiger partial charge in [-0.2, -0.15) is 0 Å². The van der Waals surface area contributed by atoms with Gasteiger partial charge in [0.25, 0.3) is 0 Å². The average Bonchev–Trinajstić information content (AvgIpc) is 2.64. The van der Waals surface area contributed by atoms with Gasteiger partial charge in [-0.3, -0.25) is 5.01 Å². The van der Waals surface area contributed by atoms with Crippen molar-refractivity contribution < 1.29 is 9.53 Å². The van der Waals surface area contributed by atoms with Crippen LogP contribution in [-0.2, 0) is 4.74 Å². The van der Waals surface area contributed by atoms with Crippen LogP contribution in [0.2, 0.25) is 0 Å². The second kappa shape index (κ2) is 7.74. The smallest absolute Gasteiger partial charge is 0.338 e. The minimum absolute atomic E-state index is 0.344. The van der Waals surface area contributed by atoms with E-state index in [2.05, 4.69) is 32.8 Å². The molecule has 24 heavy (non-hydrogen) atoms. The minimum Gasteiger partial charge on any atom is -0.381 e. The number of carbonyl (C=O) groups excluding carboxylic acids is 1. The van der Waals surface area contributed by atoms with Crippen LogP contribution in [0.15, 0.2) is 42.7 Å². The standard InChI is InChI=1S/C17H21N5O2/c1-22(16-18-9-2-10-19-16)21-17(23)20-15-5-3-13(4-6-15)14-7-11-24-12-8-14/h2-6,9-10,14H,7-8,11-12H2,1H3,(H2,20,21,23). The number of benzene rings is 1. The number of ether oxygens (including phenoxy) is 1. The number of urea groups is 1. The molecule has 1 aromatic heterocycles. The highest BCUT2D eigenvalue weighted by Gasteiger charge is 2.15. The van der Waals surface area contributed by atoms with Crippen molar-refractivity contribution in [3.63, 3.8) is 0 Å². The monoisotopic (exact) mass is 327 g/mol. The molecule has 2 N–H and O–H groups in total. The van der Waals surface area contributed by atoms with Gasteiger partial charge in [0.1, 0.15) is 0 Å². The predicted molar refractivity (Wildman–Crippen MR) is 91.8 cm³/mol. The average molecular weight is 327 g/mol. The summed E-state index contributed by atoms with van der Waals surface area (Å²) in [5.74, 6) is 0.963. The molecule has 0 saturated carbocycles. The number of rotatable bonds is 4. The summed E-state index contributed by atoms with van der Waals surface area (Å²) in [4.78, 5) is 20.2. The van der Waals surface area contributed by atoms with Crippen LogP contribution in [0.4, 0.5) is 16.4 Å². The molecule has 1 aliphatic heterocycles. The summed E-state index contributed by atoms with van der Waals surface area (Å²) in [6.45, 7) is 1.64. The number of hydrazine groups is 1. The fraction of sp³-hybridized carbons (Fsp3) is 0.353. The molecular weight excluding hydrogens is 306 g/mol. The lowest BCUT2D eigenvalue weighted by Crippen LogP contribution is -2.42. The van der Waals surface area contributed by atoms with Gasteiger partial charge < -0.3 is 10.1 Å². The van der Waals surface area contributed by atoms with E-state index < -0.39 is 0 Å². The van der Waals surface area contributed by atoms with Crippen molar-refractivity contribution in [3.05, 3.63) is 48.3 Å². The molecule has 3 rings (SSSR count). The quantitative estimate of drug-likeness (QED) is 0.844. The number of amides is 2. The molecule has 0 aliphatic carbocycles. The lowest BCUT2D eigenvalue weighted by molar-refractivity contribution is 0.0853. The normalized spacial score (nSPS) is 14.9. The Kier molecular flexibility index (Phi) is 5.22. The lowest BCUT2D eigenvalue weighted by atomic mass is 9.92. The van der Waals surface area contributed by atoms with Crippen molar-refractivity contribution in [3.8, 4) is 0 Å². The maximum absolute atomic E-state index is 12.0. The summed E-state index contributed by atoms with van der Waals surface area (Å²) in [6.07, 6.45) is 5.34. The van der Waals surface area contributed by atoms with E-state index in [0.29, 0.717) is 11.9 Å². The lowest BCUT2D eigenvalue weighted by Gasteiger charge is -2.22. The first kappa shape index (κ1) is 16.2. The molecule has 1 saturated heterocycles. The molecule has 0 atom stereocenters. The van der Waals surface area contributed by atoms with Gasteiger partial charge in [-0.05, 0) is 42.5 Å². The Balaban J connectivity index is 1.54. The zero-order chi connectivity index (χ0) is 16.8. The molecule has 2 aromatic rings.